The zero-order valence-corrected chi connectivity index (χ0v) is 23.7. The lowest BCUT2D eigenvalue weighted by atomic mass is 10.0. The van der Waals surface area contributed by atoms with Crippen molar-refractivity contribution in [1.29, 1.82) is 0 Å². The number of primary amides is 1. The third-order valence-corrected chi connectivity index (χ3v) is 9.62. The van der Waals surface area contributed by atoms with Crippen molar-refractivity contribution in [2.45, 2.75) is 31.7 Å². The van der Waals surface area contributed by atoms with Crippen LogP contribution >= 0.6 is 23.7 Å². The summed E-state index contributed by atoms with van der Waals surface area (Å²) < 4.78 is 32.4. The molecule has 2 aliphatic rings. The largest absolute Gasteiger partial charge is 0.450 e. The third kappa shape index (κ3) is 6.12. The van der Waals surface area contributed by atoms with E-state index in [1.54, 1.807) is 6.92 Å². The number of amides is 3. The van der Waals surface area contributed by atoms with E-state index in [2.05, 4.69) is 17.1 Å². The number of nitrogens with zero attached hydrogens (tertiary/aromatic N) is 3. The molecule has 0 aliphatic carbocycles. The topological polar surface area (TPSA) is 142 Å². The molecule has 0 unspecified atom stereocenters. The van der Waals surface area contributed by atoms with Crippen molar-refractivity contribution in [3.05, 3.63) is 45.8 Å². The van der Waals surface area contributed by atoms with Gasteiger partial charge in [-0.15, -0.1) is 23.7 Å². The van der Waals surface area contributed by atoms with Crippen molar-refractivity contribution in [3.63, 3.8) is 0 Å². The molecule has 38 heavy (non-hydrogen) atoms. The Hall–Kier alpha value is -2.71. The predicted octanol–water partition coefficient (Wildman–Crippen LogP) is 2.36. The van der Waals surface area contributed by atoms with E-state index < -0.39 is 27.9 Å². The number of fused-ring (bicyclic) bond motifs is 1. The summed E-state index contributed by atoms with van der Waals surface area (Å²) in [7, 11) is -3.79. The lowest BCUT2D eigenvalue weighted by Crippen LogP contribution is -2.50. The summed E-state index contributed by atoms with van der Waals surface area (Å²) >= 11 is 1.35. The quantitative estimate of drug-likeness (QED) is 0.508. The highest BCUT2D eigenvalue weighted by Gasteiger charge is 2.31. The number of ether oxygens (including phenoxy) is 1. The Kier molecular flexibility index (Phi) is 9.76. The molecule has 4 rings (SSSR count). The first-order valence-electron chi connectivity index (χ1n) is 12.2. The first-order chi connectivity index (χ1) is 17.6. The van der Waals surface area contributed by atoms with Crippen LogP contribution in [0.1, 0.15) is 45.0 Å². The van der Waals surface area contributed by atoms with E-state index in [1.807, 2.05) is 0 Å². The molecule has 3 N–H and O–H groups in total. The summed E-state index contributed by atoms with van der Waals surface area (Å²) in [5.74, 6) is -1.04. The van der Waals surface area contributed by atoms with Crippen LogP contribution in [-0.2, 0) is 27.7 Å². The van der Waals surface area contributed by atoms with Gasteiger partial charge in [0.2, 0.25) is 10.0 Å². The normalized spacial score (nSPS) is 16.3. The maximum atomic E-state index is 13.1. The maximum absolute atomic E-state index is 13.1. The van der Waals surface area contributed by atoms with Gasteiger partial charge in [-0.3, -0.25) is 14.5 Å². The Balaban J connectivity index is 0.00000400. The molecule has 2 aliphatic heterocycles. The molecular weight excluding hydrogens is 554 g/mol. The van der Waals surface area contributed by atoms with Crippen molar-refractivity contribution in [3.8, 4) is 0 Å². The summed E-state index contributed by atoms with van der Waals surface area (Å²) in [5, 5.41) is 3.21. The predicted molar refractivity (Wildman–Crippen MR) is 146 cm³/mol. The zero-order valence-electron chi connectivity index (χ0n) is 21.3. The Labute approximate surface area is 232 Å². The van der Waals surface area contributed by atoms with Crippen LogP contribution in [0.2, 0.25) is 0 Å². The number of nitrogens with two attached hydrogens (primary N) is 1. The van der Waals surface area contributed by atoms with Gasteiger partial charge < -0.3 is 20.7 Å². The second-order valence-electron chi connectivity index (χ2n) is 8.76. The van der Waals surface area contributed by atoms with Crippen LogP contribution in [0.25, 0.3) is 0 Å². The molecule has 0 bridgehead atoms. The number of piperazine rings is 1. The number of carbonyl (C=O) groups excluding carboxylic acids is 3. The van der Waals surface area contributed by atoms with Gasteiger partial charge in [0.1, 0.15) is 5.00 Å². The van der Waals surface area contributed by atoms with Gasteiger partial charge in [0.05, 0.1) is 17.1 Å². The average Bonchev–Trinajstić information content (AvgIpc) is 3.26. The second-order valence-corrected chi connectivity index (χ2v) is 11.8. The first-order valence-corrected chi connectivity index (χ1v) is 14.4. The van der Waals surface area contributed by atoms with Crippen molar-refractivity contribution in [2.24, 2.45) is 5.73 Å². The van der Waals surface area contributed by atoms with E-state index in [0.717, 1.165) is 23.5 Å². The summed E-state index contributed by atoms with van der Waals surface area (Å²) in [6, 6.07) is 5.64. The molecule has 0 saturated carbocycles. The zero-order chi connectivity index (χ0) is 26.7. The highest BCUT2D eigenvalue weighted by atomic mass is 35.5. The minimum atomic E-state index is -3.79. The second kappa shape index (κ2) is 12.4. The van der Waals surface area contributed by atoms with E-state index in [9.17, 15) is 22.8 Å². The molecule has 3 heterocycles. The highest BCUT2D eigenvalue weighted by molar-refractivity contribution is 7.89. The van der Waals surface area contributed by atoms with Crippen LogP contribution in [0.4, 0.5) is 9.80 Å². The fraction of sp³-hybridized carbons (Fsp3) is 0.458. The number of hydrogen-bond donors (Lipinski definition) is 2. The molecule has 3 amide bonds. The van der Waals surface area contributed by atoms with Gasteiger partial charge in [0, 0.05) is 49.7 Å². The van der Waals surface area contributed by atoms with Gasteiger partial charge in [-0.05, 0) is 49.7 Å². The van der Waals surface area contributed by atoms with Gasteiger partial charge in [-0.1, -0.05) is 6.92 Å². The molecule has 2 aromatic rings. The summed E-state index contributed by atoms with van der Waals surface area (Å²) in [4.78, 5) is 41.8. The van der Waals surface area contributed by atoms with Crippen molar-refractivity contribution in [1.82, 2.24) is 14.1 Å². The van der Waals surface area contributed by atoms with Crippen molar-refractivity contribution < 1.29 is 27.5 Å². The standard InChI is InChI=1S/C24H31N5O6S2.ClH/c1-3-27-10-9-18-19(15-27)36-23(20(18)21(25)30)26-22(31)16-5-7-17(8-6-16)37(33,34)29-13-11-28(12-14-29)24(32)35-4-2;/h5-8H,3-4,9-15H2,1-2H3,(H2,25,30)(H,26,31);1H. The third-order valence-electron chi connectivity index (χ3n) is 6.58. The molecule has 1 fully saturated rings. The fourth-order valence-electron chi connectivity index (χ4n) is 4.50. The Morgan fingerprint density at radius 2 is 1.71 bits per heavy atom. The Morgan fingerprint density at radius 1 is 1.05 bits per heavy atom. The minimum Gasteiger partial charge on any atom is -0.450 e. The molecule has 14 heteroatoms. The van der Waals surface area contributed by atoms with Crippen LogP contribution in [0.5, 0.6) is 0 Å². The first kappa shape index (κ1) is 29.8. The summed E-state index contributed by atoms with van der Waals surface area (Å²) in [6.45, 7) is 7.23. The molecular formula is C24H32ClN5O6S2. The smallest absolute Gasteiger partial charge is 0.409 e. The number of sulfonamides is 1. The SMILES string of the molecule is CCOC(=O)N1CCN(S(=O)(=O)c2ccc(C(=O)Nc3sc4c(c3C(N)=O)CCN(CC)C4)cc2)CC1.Cl. The molecule has 11 nitrogen and oxygen atoms in total. The van der Waals surface area contributed by atoms with Crippen LogP contribution in [-0.4, -0.2) is 86.3 Å². The van der Waals surface area contributed by atoms with Crippen LogP contribution < -0.4 is 11.1 Å². The van der Waals surface area contributed by atoms with Crippen molar-refractivity contribution >= 4 is 56.7 Å². The molecule has 1 saturated heterocycles. The average molecular weight is 586 g/mol. The van der Waals surface area contributed by atoms with Crippen LogP contribution in [0, 0.1) is 0 Å². The molecule has 1 aromatic heterocycles. The highest BCUT2D eigenvalue weighted by Crippen LogP contribution is 2.37. The van der Waals surface area contributed by atoms with Crippen molar-refractivity contribution in [2.75, 3.05) is 51.2 Å². The molecule has 0 radical (unpaired) electrons. The van der Waals surface area contributed by atoms with E-state index in [4.69, 9.17) is 10.5 Å². The molecule has 0 spiro atoms. The number of hydrogen-bond acceptors (Lipinski definition) is 8. The molecule has 0 atom stereocenters. The number of anilines is 1. The monoisotopic (exact) mass is 585 g/mol. The molecule has 1 aromatic carbocycles. The number of rotatable bonds is 7. The number of thiophene rings is 1. The lowest BCUT2D eigenvalue weighted by Gasteiger charge is -2.33. The van der Waals surface area contributed by atoms with Crippen LogP contribution in [0.15, 0.2) is 29.2 Å². The Morgan fingerprint density at radius 3 is 2.29 bits per heavy atom. The van der Waals surface area contributed by atoms with E-state index in [1.165, 1.54) is 44.8 Å². The van der Waals surface area contributed by atoms with Crippen LogP contribution in [0.3, 0.4) is 0 Å². The van der Waals surface area contributed by atoms with Gasteiger partial charge >= 0.3 is 6.09 Å². The number of carbonyl (C=O) groups is 3. The van der Waals surface area contributed by atoms with Gasteiger partial charge in [-0.2, -0.15) is 4.31 Å². The van der Waals surface area contributed by atoms with Gasteiger partial charge in [0.25, 0.3) is 11.8 Å². The summed E-state index contributed by atoms with van der Waals surface area (Å²) in [5.41, 5.74) is 7.14. The maximum Gasteiger partial charge on any atom is 0.409 e. The lowest BCUT2D eigenvalue weighted by molar-refractivity contribution is 0.0933. The van der Waals surface area contributed by atoms with E-state index >= 15 is 0 Å². The van der Waals surface area contributed by atoms with Gasteiger partial charge in [0.15, 0.2) is 0 Å². The van der Waals surface area contributed by atoms with E-state index in [-0.39, 0.29) is 55.7 Å². The number of likely N-dealkylation sites (N-methyl/N-ethyl adjacent to an activating group) is 1. The fourth-order valence-corrected chi connectivity index (χ4v) is 7.22. The van der Waals surface area contributed by atoms with Gasteiger partial charge in [-0.25, -0.2) is 13.2 Å². The molecule has 208 valence electrons. The summed E-state index contributed by atoms with van der Waals surface area (Å²) in [6.07, 6.45) is 0.234. The minimum absolute atomic E-state index is 0. The number of benzene rings is 1. The number of nitrogens with one attached hydrogen (secondary N) is 1. The Bertz CT molecular complexity index is 1290. The number of halogens is 1. The van der Waals surface area contributed by atoms with E-state index in [0.29, 0.717) is 23.5 Å².